The third-order valence-corrected chi connectivity index (χ3v) is 5.49. The molecule has 0 aromatic heterocycles. The minimum Gasteiger partial charge on any atom is -0.455 e. The van der Waals surface area contributed by atoms with Crippen molar-refractivity contribution >= 4 is 11.8 Å². The molecule has 0 amide bonds. The zero-order valence-corrected chi connectivity index (χ0v) is 15.6. The molecule has 0 spiro atoms. The Kier molecular flexibility index (Phi) is 6.73. The van der Waals surface area contributed by atoms with E-state index < -0.39 is 23.6 Å². The first-order valence-electron chi connectivity index (χ1n) is 9.06. The number of ketones is 1. The fraction of sp³-hybridized carbons (Fsp3) is 0.524. The van der Waals surface area contributed by atoms with Gasteiger partial charge in [-0.05, 0) is 36.5 Å². The van der Waals surface area contributed by atoms with Crippen LogP contribution in [0, 0.1) is 17.3 Å². The molecule has 2 aliphatic rings. The van der Waals surface area contributed by atoms with Gasteiger partial charge in [-0.25, -0.2) is 4.79 Å². The summed E-state index contributed by atoms with van der Waals surface area (Å²) in [6.45, 7) is 6.09. The van der Waals surface area contributed by atoms with E-state index in [-0.39, 0.29) is 24.2 Å². The number of carbonyl (C=O) groups is 2. The molecule has 0 saturated carbocycles. The number of rotatable bonds is 6. The molecule has 5 atom stereocenters. The minimum absolute atomic E-state index is 0.0565. The SMILES string of the molecule is CC(C=CC=CC(=O)OC1C=CC2=CC(=O)C(O)CC2(C)C1C)CCO. The predicted molar refractivity (Wildman–Crippen MR) is 99.2 cm³/mol. The van der Waals surface area contributed by atoms with Gasteiger partial charge in [-0.2, -0.15) is 0 Å². The van der Waals surface area contributed by atoms with Gasteiger partial charge in [0.25, 0.3) is 0 Å². The third-order valence-electron chi connectivity index (χ3n) is 5.49. The number of allylic oxidation sites excluding steroid dienone is 5. The Morgan fingerprint density at radius 1 is 1.46 bits per heavy atom. The van der Waals surface area contributed by atoms with Gasteiger partial charge in [-0.3, -0.25) is 4.79 Å². The molecule has 0 heterocycles. The highest BCUT2D eigenvalue weighted by Gasteiger charge is 2.46. The molecule has 142 valence electrons. The van der Waals surface area contributed by atoms with E-state index in [1.807, 2.05) is 32.9 Å². The largest absolute Gasteiger partial charge is 0.455 e. The number of aliphatic hydroxyl groups excluding tert-OH is 2. The Bertz CT molecular complexity index is 657. The van der Waals surface area contributed by atoms with Gasteiger partial charge in [0.05, 0.1) is 0 Å². The van der Waals surface area contributed by atoms with E-state index in [0.717, 1.165) is 5.57 Å². The average molecular weight is 360 g/mol. The Balaban J connectivity index is 2.00. The maximum atomic E-state index is 12.1. The van der Waals surface area contributed by atoms with Crippen LogP contribution < -0.4 is 0 Å². The summed E-state index contributed by atoms with van der Waals surface area (Å²) in [4.78, 5) is 23.8. The summed E-state index contributed by atoms with van der Waals surface area (Å²) in [7, 11) is 0. The first-order valence-corrected chi connectivity index (χ1v) is 9.06. The van der Waals surface area contributed by atoms with Crippen LogP contribution in [-0.4, -0.2) is 40.8 Å². The number of esters is 1. The lowest BCUT2D eigenvalue weighted by Gasteiger charge is -2.45. The zero-order valence-electron chi connectivity index (χ0n) is 15.6. The van der Waals surface area contributed by atoms with E-state index in [2.05, 4.69) is 0 Å². The van der Waals surface area contributed by atoms with Crippen molar-refractivity contribution in [2.24, 2.45) is 17.3 Å². The molecule has 5 heteroatoms. The van der Waals surface area contributed by atoms with Crippen molar-refractivity contribution in [3.8, 4) is 0 Å². The maximum Gasteiger partial charge on any atom is 0.331 e. The molecule has 2 rings (SSSR count). The molecule has 0 aromatic carbocycles. The van der Waals surface area contributed by atoms with Gasteiger partial charge >= 0.3 is 5.97 Å². The standard InChI is InChI=1S/C21H28O5/c1-14(10-11-22)6-4-5-7-20(25)26-19-9-8-16-12-17(23)18(24)13-21(16,3)15(19)2/h4-9,12,14-15,18-19,22,24H,10-11,13H2,1-3H3. The summed E-state index contributed by atoms with van der Waals surface area (Å²) in [5, 5.41) is 18.8. The lowest BCUT2D eigenvalue weighted by molar-refractivity contribution is -0.145. The first-order chi connectivity index (χ1) is 12.3. The number of hydrogen-bond donors (Lipinski definition) is 2. The van der Waals surface area contributed by atoms with Crippen LogP contribution in [0.15, 0.2) is 48.1 Å². The number of fused-ring (bicyclic) bond motifs is 1. The van der Waals surface area contributed by atoms with Gasteiger partial charge in [-0.15, -0.1) is 0 Å². The molecule has 5 unspecified atom stereocenters. The van der Waals surface area contributed by atoms with Crippen LogP contribution in [0.25, 0.3) is 0 Å². The van der Waals surface area contributed by atoms with Crippen molar-refractivity contribution in [3.05, 3.63) is 48.1 Å². The molecule has 0 radical (unpaired) electrons. The Labute approximate surface area is 154 Å². The Morgan fingerprint density at radius 3 is 2.88 bits per heavy atom. The molecule has 0 fully saturated rings. The summed E-state index contributed by atoms with van der Waals surface area (Å²) in [6.07, 6.45) is 11.4. The van der Waals surface area contributed by atoms with Crippen LogP contribution >= 0.6 is 0 Å². The first kappa shape index (κ1) is 20.3. The van der Waals surface area contributed by atoms with Crippen LogP contribution in [0.5, 0.6) is 0 Å². The van der Waals surface area contributed by atoms with Crippen molar-refractivity contribution in [1.29, 1.82) is 0 Å². The van der Waals surface area contributed by atoms with Crippen LogP contribution in [0.1, 0.15) is 33.6 Å². The molecule has 0 aliphatic heterocycles. The third kappa shape index (κ3) is 4.59. The Hall–Kier alpha value is -1.98. The molecule has 2 aliphatic carbocycles. The maximum absolute atomic E-state index is 12.1. The van der Waals surface area contributed by atoms with E-state index in [0.29, 0.717) is 12.8 Å². The molecule has 0 aromatic rings. The van der Waals surface area contributed by atoms with Gasteiger partial charge in [0.15, 0.2) is 5.78 Å². The second-order valence-electron chi connectivity index (χ2n) is 7.42. The van der Waals surface area contributed by atoms with Gasteiger partial charge in [0, 0.05) is 24.0 Å². The zero-order chi connectivity index (χ0) is 19.3. The van der Waals surface area contributed by atoms with E-state index in [9.17, 15) is 14.7 Å². The summed E-state index contributed by atoms with van der Waals surface area (Å²) in [6, 6.07) is 0. The summed E-state index contributed by atoms with van der Waals surface area (Å²) < 4.78 is 5.55. The fourth-order valence-corrected chi connectivity index (χ4v) is 3.45. The van der Waals surface area contributed by atoms with Gasteiger partial charge < -0.3 is 14.9 Å². The smallest absolute Gasteiger partial charge is 0.331 e. The number of hydrogen-bond acceptors (Lipinski definition) is 5. The van der Waals surface area contributed by atoms with E-state index in [1.54, 1.807) is 18.2 Å². The van der Waals surface area contributed by atoms with Gasteiger partial charge in [0.2, 0.25) is 0 Å². The topological polar surface area (TPSA) is 83.8 Å². The van der Waals surface area contributed by atoms with Crippen LogP contribution in [0.4, 0.5) is 0 Å². The highest BCUT2D eigenvalue weighted by atomic mass is 16.5. The Morgan fingerprint density at radius 2 is 2.19 bits per heavy atom. The number of carbonyl (C=O) groups excluding carboxylic acids is 2. The van der Waals surface area contributed by atoms with Crippen molar-refractivity contribution in [3.63, 3.8) is 0 Å². The lowest BCUT2D eigenvalue weighted by atomic mass is 9.61. The van der Waals surface area contributed by atoms with Crippen LogP contribution in [-0.2, 0) is 14.3 Å². The molecular formula is C21H28O5. The van der Waals surface area contributed by atoms with Crippen molar-refractivity contribution in [2.75, 3.05) is 6.61 Å². The monoisotopic (exact) mass is 360 g/mol. The lowest BCUT2D eigenvalue weighted by Crippen LogP contribution is -2.45. The summed E-state index contributed by atoms with van der Waals surface area (Å²) in [5.41, 5.74) is 0.472. The quantitative estimate of drug-likeness (QED) is 0.432. The second-order valence-corrected chi connectivity index (χ2v) is 7.42. The molecule has 5 nitrogen and oxygen atoms in total. The molecule has 2 N–H and O–H groups in total. The predicted octanol–water partition coefficient (Wildman–Crippen LogP) is 2.50. The van der Waals surface area contributed by atoms with E-state index in [1.165, 1.54) is 12.2 Å². The van der Waals surface area contributed by atoms with Crippen molar-refractivity contribution in [1.82, 2.24) is 0 Å². The molecule has 26 heavy (non-hydrogen) atoms. The highest BCUT2D eigenvalue weighted by Crippen LogP contribution is 2.48. The molecule has 0 saturated heterocycles. The average Bonchev–Trinajstić information content (AvgIpc) is 2.58. The van der Waals surface area contributed by atoms with E-state index >= 15 is 0 Å². The normalized spacial score (nSPS) is 32.6. The van der Waals surface area contributed by atoms with Gasteiger partial charge in [-0.1, -0.05) is 45.1 Å². The van der Waals surface area contributed by atoms with Crippen LogP contribution in [0.2, 0.25) is 0 Å². The molecular weight excluding hydrogens is 332 g/mol. The van der Waals surface area contributed by atoms with Crippen molar-refractivity contribution < 1.29 is 24.5 Å². The summed E-state index contributed by atoms with van der Waals surface area (Å²) >= 11 is 0. The highest BCUT2D eigenvalue weighted by molar-refractivity contribution is 5.96. The minimum atomic E-state index is -1.00. The summed E-state index contributed by atoms with van der Waals surface area (Å²) in [5.74, 6) is -0.518. The number of ether oxygens (including phenoxy) is 1. The van der Waals surface area contributed by atoms with Gasteiger partial charge in [0.1, 0.15) is 12.2 Å². The van der Waals surface area contributed by atoms with Crippen molar-refractivity contribution in [2.45, 2.75) is 45.8 Å². The van der Waals surface area contributed by atoms with Crippen LogP contribution in [0.3, 0.4) is 0 Å². The second kappa shape index (κ2) is 8.60. The van der Waals surface area contributed by atoms with E-state index in [4.69, 9.17) is 9.84 Å². The number of aliphatic hydroxyl groups is 2. The molecule has 0 bridgehead atoms. The fourth-order valence-electron chi connectivity index (χ4n) is 3.45.